The summed E-state index contributed by atoms with van der Waals surface area (Å²) in [4.78, 5) is 30.8. The van der Waals surface area contributed by atoms with Crippen molar-refractivity contribution in [2.75, 3.05) is 18.3 Å². The first kappa shape index (κ1) is 29.5. The van der Waals surface area contributed by atoms with Crippen LogP contribution in [0, 0.1) is 17.3 Å². The molecule has 7 nitrogen and oxygen atoms in total. The average molecular weight is 568 g/mol. The molecule has 0 aliphatic heterocycles. The summed E-state index contributed by atoms with van der Waals surface area (Å²) in [5, 5.41) is 0. The van der Waals surface area contributed by atoms with Crippen molar-refractivity contribution in [2.45, 2.75) is 116 Å². The number of nitrogens with zero attached hydrogens (tertiary/aromatic N) is 1. The van der Waals surface area contributed by atoms with E-state index in [1.165, 1.54) is 23.3 Å². The van der Waals surface area contributed by atoms with Crippen LogP contribution in [0.15, 0.2) is 6.07 Å². The quantitative estimate of drug-likeness (QED) is 0.270. The zero-order valence-electron chi connectivity index (χ0n) is 23.7. The molecular weight excluding hydrogens is 522 g/mol. The third-order valence-electron chi connectivity index (χ3n) is 9.03. The van der Waals surface area contributed by atoms with Gasteiger partial charge in [-0.15, -0.1) is 11.3 Å². The maximum Gasteiger partial charge on any atom is 0.350 e. The molecule has 0 unspecified atom stereocenters. The normalized spacial score (nSPS) is 28.6. The van der Waals surface area contributed by atoms with Crippen LogP contribution >= 0.6 is 11.3 Å². The molecule has 4 rings (SSSR count). The minimum absolute atomic E-state index is 0.0551. The molecule has 0 aromatic carbocycles. The number of hydrogen-bond acceptors (Lipinski definition) is 7. The predicted molar refractivity (Wildman–Crippen MR) is 151 cm³/mol. The van der Waals surface area contributed by atoms with Crippen LogP contribution in [-0.4, -0.2) is 45.8 Å². The molecule has 0 radical (unpaired) electrons. The summed E-state index contributed by atoms with van der Waals surface area (Å²) in [5.41, 5.74) is 1.03. The number of hydrogen-bond donors (Lipinski definition) is 0. The lowest BCUT2D eigenvalue weighted by atomic mass is 9.73. The molecule has 1 amide bonds. The highest BCUT2D eigenvalue weighted by molar-refractivity contribution is 7.86. The van der Waals surface area contributed by atoms with Gasteiger partial charge >= 0.3 is 5.97 Å². The van der Waals surface area contributed by atoms with Crippen LogP contribution in [-0.2, 0) is 23.8 Å². The number of carbonyl (C=O) groups is 2. The molecule has 0 bridgehead atoms. The van der Waals surface area contributed by atoms with Crippen molar-refractivity contribution in [3.8, 4) is 0 Å². The van der Waals surface area contributed by atoms with E-state index < -0.39 is 16.1 Å². The number of rotatable bonds is 7. The Hall–Kier alpha value is -1.45. The van der Waals surface area contributed by atoms with Gasteiger partial charge in [-0.05, 0) is 100 Å². The third-order valence-corrected chi connectivity index (χ3v) is 10.9. The third kappa shape index (κ3) is 7.19. The number of thiophene rings is 1. The summed E-state index contributed by atoms with van der Waals surface area (Å²) < 4.78 is 33.9. The Morgan fingerprint density at radius 3 is 2.13 bits per heavy atom. The van der Waals surface area contributed by atoms with E-state index in [1.807, 2.05) is 4.90 Å². The first-order valence-electron chi connectivity index (χ1n) is 14.3. The van der Waals surface area contributed by atoms with Gasteiger partial charge in [0, 0.05) is 16.8 Å². The molecule has 1 aromatic heterocycles. The topological polar surface area (TPSA) is 90.0 Å². The van der Waals surface area contributed by atoms with E-state index in [2.05, 4.69) is 26.8 Å². The van der Waals surface area contributed by atoms with E-state index in [-0.39, 0.29) is 24.0 Å². The van der Waals surface area contributed by atoms with E-state index in [4.69, 9.17) is 8.92 Å². The highest BCUT2D eigenvalue weighted by Crippen LogP contribution is 2.47. The summed E-state index contributed by atoms with van der Waals surface area (Å²) in [6, 6.07) is 2.00. The number of amides is 1. The Morgan fingerprint density at radius 1 is 0.974 bits per heavy atom. The second-order valence-corrected chi connectivity index (χ2v) is 15.4. The van der Waals surface area contributed by atoms with Crippen LogP contribution in [0.5, 0.6) is 0 Å². The molecule has 3 aliphatic rings. The molecule has 0 N–H and O–H groups in total. The van der Waals surface area contributed by atoms with Crippen molar-refractivity contribution in [1.29, 1.82) is 0 Å². The SMILES string of the molecule is COC(=O)c1sc(C2CCC(C)(C)CC2)cc1N(C(=O)C1CCC(C)CC1)C1CCC(OS(C)(=O)=O)CC1. The second-order valence-electron chi connectivity index (χ2n) is 12.7. The molecule has 1 heterocycles. The summed E-state index contributed by atoms with van der Waals surface area (Å²) in [5.74, 6) is 0.669. The molecule has 38 heavy (non-hydrogen) atoms. The highest BCUT2D eigenvalue weighted by Gasteiger charge is 2.39. The molecule has 3 saturated carbocycles. The highest BCUT2D eigenvalue weighted by atomic mass is 32.2. The molecule has 214 valence electrons. The van der Waals surface area contributed by atoms with Crippen molar-refractivity contribution < 1.29 is 26.9 Å². The molecule has 0 atom stereocenters. The van der Waals surface area contributed by atoms with Gasteiger partial charge in [0.15, 0.2) is 0 Å². The Morgan fingerprint density at radius 2 is 1.58 bits per heavy atom. The van der Waals surface area contributed by atoms with Crippen molar-refractivity contribution in [3.05, 3.63) is 15.8 Å². The van der Waals surface area contributed by atoms with Gasteiger partial charge in [-0.25, -0.2) is 4.79 Å². The number of esters is 1. The maximum absolute atomic E-state index is 14.2. The van der Waals surface area contributed by atoms with Crippen LogP contribution < -0.4 is 4.90 Å². The van der Waals surface area contributed by atoms with Crippen molar-refractivity contribution >= 4 is 39.0 Å². The number of methoxy groups -OCH3 is 1. The lowest BCUT2D eigenvalue weighted by Crippen LogP contribution is -2.47. The molecule has 0 spiro atoms. The lowest BCUT2D eigenvalue weighted by molar-refractivity contribution is -0.124. The molecule has 0 saturated heterocycles. The van der Waals surface area contributed by atoms with Gasteiger partial charge in [0.1, 0.15) is 4.88 Å². The van der Waals surface area contributed by atoms with Gasteiger partial charge in [0.05, 0.1) is 25.2 Å². The van der Waals surface area contributed by atoms with Crippen LogP contribution in [0.2, 0.25) is 0 Å². The second kappa shape index (κ2) is 12.0. The monoisotopic (exact) mass is 567 g/mol. The van der Waals surface area contributed by atoms with E-state index in [0.29, 0.717) is 53.5 Å². The fourth-order valence-electron chi connectivity index (χ4n) is 6.55. The van der Waals surface area contributed by atoms with E-state index in [0.717, 1.165) is 57.6 Å². The van der Waals surface area contributed by atoms with Crippen LogP contribution in [0.25, 0.3) is 0 Å². The van der Waals surface area contributed by atoms with E-state index >= 15 is 0 Å². The smallest absolute Gasteiger partial charge is 0.350 e. The predicted octanol–water partition coefficient (Wildman–Crippen LogP) is 6.67. The Kier molecular flexibility index (Phi) is 9.30. The van der Waals surface area contributed by atoms with Gasteiger partial charge < -0.3 is 9.64 Å². The fraction of sp³-hybridized carbons (Fsp3) is 0.793. The molecule has 3 fully saturated rings. The summed E-state index contributed by atoms with van der Waals surface area (Å²) >= 11 is 1.49. The van der Waals surface area contributed by atoms with Crippen molar-refractivity contribution in [1.82, 2.24) is 0 Å². The molecule has 1 aromatic rings. The van der Waals surface area contributed by atoms with Crippen molar-refractivity contribution in [2.24, 2.45) is 17.3 Å². The van der Waals surface area contributed by atoms with Crippen LogP contribution in [0.1, 0.15) is 118 Å². The number of carbonyl (C=O) groups excluding carboxylic acids is 2. The van der Waals surface area contributed by atoms with Gasteiger partial charge in [-0.1, -0.05) is 20.8 Å². The lowest BCUT2D eigenvalue weighted by Gasteiger charge is -2.39. The van der Waals surface area contributed by atoms with Gasteiger partial charge in [0.2, 0.25) is 5.91 Å². The minimum atomic E-state index is -3.53. The fourth-order valence-corrected chi connectivity index (χ4v) is 8.47. The Labute approximate surface area is 232 Å². The minimum Gasteiger partial charge on any atom is -0.465 e. The molecular formula is C29H45NO6S2. The maximum atomic E-state index is 14.2. The van der Waals surface area contributed by atoms with Crippen LogP contribution in [0.4, 0.5) is 5.69 Å². The van der Waals surface area contributed by atoms with Crippen molar-refractivity contribution in [3.63, 3.8) is 0 Å². The Bertz CT molecular complexity index is 1080. The average Bonchev–Trinajstić information content (AvgIpc) is 3.29. The van der Waals surface area contributed by atoms with Crippen LogP contribution in [0.3, 0.4) is 0 Å². The van der Waals surface area contributed by atoms with E-state index in [9.17, 15) is 18.0 Å². The number of ether oxygens (including phenoxy) is 1. The zero-order valence-corrected chi connectivity index (χ0v) is 25.3. The van der Waals surface area contributed by atoms with Gasteiger partial charge in [0.25, 0.3) is 10.1 Å². The Balaban J connectivity index is 1.65. The zero-order chi connectivity index (χ0) is 27.7. The summed E-state index contributed by atoms with van der Waals surface area (Å²) in [6.45, 7) is 6.88. The summed E-state index contributed by atoms with van der Waals surface area (Å²) in [6.07, 6.45) is 11.4. The number of anilines is 1. The first-order chi connectivity index (χ1) is 17.9. The first-order valence-corrected chi connectivity index (χ1v) is 16.9. The largest absolute Gasteiger partial charge is 0.465 e. The molecule has 9 heteroatoms. The standard InChI is InChI=1S/C29H45NO6S2/c1-19-6-8-21(9-7-19)27(31)30(22-10-12-23(13-11-22)36-38(5,33)34)24-18-25(37-26(24)28(32)35-4)20-14-16-29(2,3)17-15-20/h18-23H,6-17H2,1-5H3. The molecule has 3 aliphatic carbocycles. The summed E-state index contributed by atoms with van der Waals surface area (Å²) in [7, 11) is -2.13. The van der Waals surface area contributed by atoms with E-state index in [1.54, 1.807) is 0 Å². The van der Waals surface area contributed by atoms with Gasteiger partial charge in [-0.2, -0.15) is 8.42 Å². The van der Waals surface area contributed by atoms with Gasteiger partial charge in [-0.3, -0.25) is 8.98 Å².